The quantitative estimate of drug-likeness (QED) is 0.879. The van der Waals surface area contributed by atoms with E-state index in [-0.39, 0.29) is 0 Å². The van der Waals surface area contributed by atoms with Gasteiger partial charge in [0.2, 0.25) is 5.13 Å². The van der Waals surface area contributed by atoms with Crippen molar-refractivity contribution >= 4 is 16.5 Å². The SMILES string of the molecule is CCc1nnc(NC2CCC(OC)CC2)s1. The summed E-state index contributed by atoms with van der Waals surface area (Å²) in [5, 5.41) is 13.8. The molecule has 0 radical (unpaired) electrons. The number of nitrogens with one attached hydrogen (secondary N) is 1. The molecule has 0 saturated heterocycles. The Morgan fingerprint density at radius 3 is 2.62 bits per heavy atom. The van der Waals surface area contributed by atoms with Crippen molar-refractivity contribution in [2.75, 3.05) is 12.4 Å². The van der Waals surface area contributed by atoms with E-state index in [2.05, 4.69) is 22.4 Å². The molecule has 5 heteroatoms. The molecule has 16 heavy (non-hydrogen) atoms. The maximum Gasteiger partial charge on any atom is 0.205 e. The number of rotatable bonds is 4. The van der Waals surface area contributed by atoms with Gasteiger partial charge in [0.25, 0.3) is 0 Å². The molecular formula is C11H19N3OS. The van der Waals surface area contributed by atoms with Crippen LogP contribution < -0.4 is 5.32 Å². The van der Waals surface area contributed by atoms with Gasteiger partial charge in [-0.1, -0.05) is 18.3 Å². The normalized spacial score (nSPS) is 25.6. The maximum absolute atomic E-state index is 5.36. The van der Waals surface area contributed by atoms with Crippen LogP contribution in [0.4, 0.5) is 5.13 Å². The van der Waals surface area contributed by atoms with Crippen LogP contribution in [0.2, 0.25) is 0 Å². The molecule has 1 heterocycles. The highest BCUT2D eigenvalue weighted by Crippen LogP contribution is 2.25. The Morgan fingerprint density at radius 1 is 1.31 bits per heavy atom. The van der Waals surface area contributed by atoms with Gasteiger partial charge in [-0.25, -0.2) is 0 Å². The Hall–Kier alpha value is -0.680. The third-order valence-electron chi connectivity index (χ3n) is 3.10. The second-order valence-corrected chi connectivity index (χ2v) is 5.27. The van der Waals surface area contributed by atoms with E-state index < -0.39 is 0 Å². The molecule has 2 rings (SSSR count). The molecule has 1 aromatic rings. The van der Waals surface area contributed by atoms with E-state index in [1.54, 1.807) is 18.4 Å². The first-order valence-corrected chi connectivity index (χ1v) is 6.75. The Kier molecular flexibility index (Phi) is 4.12. The number of aromatic nitrogens is 2. The number of anilines is 1. The summed E-state index contributed by atoms with van der Waals surface area (Å²) in [7, 11) is 1.80. The zero-order chi connectivity index (χ0) is 11.4. The van der Waals surface area contributed by atoms with Crippen molar-refractivity contribution in [3.63, 3.8) is 0 Å². The summed E-state index contributed by atoms with van der Waals surface area (Å²) in [6.07, 6.45) is 6.05. The third kappa shape index (κ3) is 2.92. The van der Waals surface area contributed by atoms with Crippen LogP contribution in [0.5, 0.6) is 0 Å². The summed E-state index contributed by atoms with van der Waals surface area (Å²) in [6, 6.07) is 0.545. The first-order chi connectivity index (χ1) is 7.81. The second kappa shape index (κ2) is 5.59. The van der Waals surface area contributed by atoms with Gasteiger partial charge in [-0.05, 0) is 32.1 Å². The van der Waals surface area contributed by atoms with Gasteiger partial charge in [0, 0.05) is 13.2 Å². The van der Waals surface area contributed by atoms with E-state index in [1.807, 2.05) is 0 Å². The van der Waals surface area contributed by atoms with Crippen molar-refractivity contribution in [2.45, 2.75) is 51.2 Å². The molecule has 1 saturated carbocycles. The highest BCUT2D eigenvalue weighted by atomic mass is 32.1. The lowest BCUT2D eigenvalue weighted by atomic mass is 9.93. The van der Waals surface area contributed by atoms with E-state index in [9.17, 15) is 0 Å². The second-order valence-electron chi connectivity index (χ2n) is 4.21. The number of ether oxygens (including phenoxy) is 1. The highest BCUT2D eigenvalue weighted by molar-refractivity contribution is 7.15. The molecule has 0 bridgehead atoms. The van der Waals surface area contributed by atoms with Crippen molar-refractivity contribution in [1.29, 1.82) is 0 Å². The van der Waals surface area contributed by atoms with Crippen LogP contribution in [0.3, 0.4) is 0 Å². The van der Waals surface area contributed by atoms with Gasteiger partial charge < -0.3 is 10.1 Å². The molecule has 90 valence electrons. The van der Waals surface area contributed by atoms with Crippen molar-refractivity contribution in [3.8, 4) is 0 Å². The Labute approximate surface area is 100 Å². The number of hydrogen-bond acceptors (Lipinski definition) is 5. The van der Waals surface area contributed by atoms with Crippen LogP contribution in [0.25, 0.3) is 0 Å². The van der Waals surface area contributed by atoms with E-state index in [0.717, 1.165) is 29.4 Å². The van der Waals surface area contributed by atoms with Gasteiger partial charge in [-0.3, -0.25) is 0 Å². The molecule has 0 aromatic carbocycles. The van der Waals surface area contributed by atoms with Crippen LogP contribution in [0.1, 0.15) is 37.6 Å². The predicted molar refractivity (Wildman–Crippen MR) is 66.0 cm³/mol. The first-order valence-electron chi connectivity index (χ1n) is 5.93. The zero-order valence-corrected chi connectivity index (χ0v) is 10.7. The lowest BCUT2D eigenvalue weighted by molar-refractivity contribution is 0.0682. The maximum atomic E-state index is 5.36. The van der Waals surface area contributed by atoms with Gasteiger partial charge in [-0.2, -0.15) is 0 Å². The molecule has 0 aliphatic heterocycles. The van der Waals surface area contributed by atoms with Crippen molar-refractivity contribution in [2.24, 2.45) is 0 Å². The van der Waals surface area contributed by atoms with Crippen molar-refractivity contribution in [3.05, 3.63) is 5.01 Å². The molecule has 1 aromatic heterocycles. The van der Waals surface area contributed by atoms with Crippen LogP contribution >= 0.6 is 11.3 Å². The fraction of sp³-hybridized carbons (Fsp3) is 0.818. The molecule has 1 fully saturated rings. The smallest absolute Gasteiger partial charge is 0.205 e. The number of methoxy groups -OCH3 is 1. The molecule has 0 atom stereocenters. The number of hydrogen-bond donors (Lipinski definition) is 1. The lowest BCUT2D eigenvalue weighted by Gasteiger charge is -2.27. The van der Waals surface area contributed by atoms with Crippen molar-refractivity contribution in [1.82, 2.24) is 10.2 Å². The molecule has 1 aliphatic rings. The monoisotopic (exact) mass is 241 g/mol. The van der Waals surface area contributed by atoms with Gasteiger partial charge in [0.1, 0.15) is 5.01 Å². The summed E-state index contributed by atoms with van der Waals surface area (Å²) in [6.45, 7) is 2.11. The highest BCUT2D eigenvalue weighted by Gasteiger charge is 2.21. The topological polar surface area (TPSA) is 47.0 Å². The van der Waals surface area contributed by atoms with E-state index >= 15 is 0 Å². The van der Waals surface area contributed by atoms with Gasteiger partial charge in [-0.15, -0.1) is 10.2 Å². The lowest BCUT2D eigenvalue weighted by Crippen LogP contribution is -2.29. The van der Waals surface area contributed by atoms with Crippen molar-refractivity contribution < 1.29 is 4.74 Å². The summed E-state index contributed by atoms with van der Waals surface area (Å²) in [5.74, 6) is 0. The van der Waals surface area contributed by atoms with Crippen LogP contribution in [-0.2, 0) is 11.2 Å². The minimum Gasteiger partial charge on any atom is -0.381 e. The van der Waals surface area contributed by atoms with Gasteiger partial charge >= 0.3 is 0 Å². The molecule has 0 spiro atoms. The summed E-state index contributed by atoms with van der Waals surface area (Å²) < 4.78 is 5.36. The zero-order valence-electron chi connectivity index (χ0n) is 9.90. The van der Waals surface area contributed by atoms with Crippen LogP contribution in [0, 0.1) is 0 Å². The van der Waals surface area contributed by atoms with E-state index in [0.29, 0.717) is 12.1 Å². The molecule has 1 N–H and O–H groups in total. The minimum absolute atomic E-state index is 0.457. The third-order valence-corrected chi connectivity index (χ3v) is 4.10. The molecule has 0 amide bonds. The molecule has 1 aliphatic carbocycles. The number of nitrogens with zero attached hydrogens (tertiary/aromatic N) is 2. The van der Waals surface area contributed by atoms with Crippen LogP contribution in [0.15, 0.2) is 0 Å². The predicted octanol–water partition coefficient (Wildman–Crippen LogP) is 2.47. The molecule has 0 unspecified atom stereocenters. The van der Waals surface area contributed by atoms with E-state index in [1.165, 1.54) is 12.8 Å². The fourth-order valence-electron chi connectivity index (χ4n) is 2.07. The average Bonchev–Trinajstić information content (AvgIpc) is 2.78. The summed E-state index contributed by atoms with van der Waals surface area (Å²) in [4.78, 5) is 0. The standard InChI is InChI=1S/C11H19N3OS/c1-3-10-13-14-11(16-10)12-8-4-6-9(15-2)7-5-8/h8-9H,3-7H2,1-2H3,(H,12,14). The Bertz CT molecular complexity index is 321. The summed E-state index contributed by atoms with van der Waals surface area (Å²) in [5.41, 5.74) is 0. The largest absolute Gasteiger partial charge is 0.381 e. The Morgan fingerprint density at radius 2 is 2.06 bits per heavy atom. The van der Waals surface area contributed by atoms with E-state index in [4.69, 9.17) is 4.74 Å². The van der Waals surface area contributed by atoms with Gasteiger partial charge in [0.05, 0.1) is 6.10 Å². The number of aryl methyl sites for hydroxylation is 1. The fourth-order valence-corrected chi connectivity index (χ4v) is 2.83. The Balaban J connectivity index is 1.82. The molecule has 4 nitrogen and oxygen atoms in total. The van der Waals surface area contributed by atoms with Crippen LogP contribution in [-0.4, -0.2) is 29.5 Å². The molecular weight excluding hydrogens is 222 g/mol. The minimum atomic E-state index is 0.457. The average molecular weight is 241 g/mol. The summed E-state index contributed by atoms with van der Waals surface area (Å²) >= 11 is 1.67. The first kappa shape index (κ1) is 11.8. The van der Waals surface area contributed by atoms with Gasteiger partial charge in [0.15, 0.2) is 0 Å².